The van der Waals surface area contributed by atoms with Crippen LogP contribution in [0.3, 0.4) is 0 Å². The zero-order valence-corrected chi connectivity index (χ0v) is 11.6. The fourth-order valence-corrected chi connectivity index (χ4v) is 2.70. The molecule has 0 spiro atoms. The maximum atomic E-state index is 3.82. The first-order chi connectivity index (χ1) is 7.38. The average molecular weight is 224 g/mol. The maximum absolute atomic E-state index is 3.82. The summed E-state index contributed by atoms with van der Waals surface area (Å²) in [5, 5.41) is 3.82. The van der Waals surface area contributed by atoms with Crippen molar-refractivity contribution in [2.24, 2.45) is 5.41 Å². The normalized spacial score (nSPS) is 34.3. The van der Waals surface area contributed by atoms with Gasteiger partial charge in [0.05, 0.1) is 0 Å². The molecule has 94 valence electrons. The third-order valence-corrected chi connectivity index (χ3v) is 4.42. The summed E-state index contributed by atoms with van der Waals surface area (Å²) in [7, 11) is 0. The summed E-state index contributed by atoms with van der Waals surface area (Å²) in [6.07, 6.45) is 4.20. The van der Waals surface area contributed by atoms with Gasteiger partial charge in [-0.3, -0.25) is 4.90 Å². The van der Waals surface area contributed by atoms with Gasteiger partial charge in [-0.25, -0.2) is 0 Å². The van der Waals surface area contributed by atoms with E-state index in [4.69, 9.17) is 0 Å². The zero-order chi connectivity index (χ0) is 11.9. The van der Waals surface area contributed by atoms with Crippen molar-refractivity contribution < 1.29 is 0 Å². The van der Waals surface area contributed by atoms with E-state index in [0.717, 1.165) is 12.1 Å². The molecule has 1 saturated heterocycles. The third-order valence-electron chi connectivity index (χ3n) is 4.42. The zero-order valence-electron chi connectivity index (χ0n) is 11.6. The predicted molar refractivity (Wildman–Crippen MR) is 69.6 cm³/mol. The lowest BCUT2D eigenvalue weighted by Crippen LogP contribution is -2.45. The van der Waals surface area contributed by atoms with Crippen LogP contribution in [0.5, 0.6) is 0 Å². The number of nitrogens with zero attached hydrogens (tertiary/aromatic N) is 1. The first-order valence-corrected chi connectivity index (χ1v) is 6.89. The Morgan fingerprint density at radius 3 is 2.38 bits per heavy atom. The summed E-state index contributed by atoms with van der Waals surface area (Å²) in [6.45, 7) is 12.9. The monoisotopic (exact) mass is 224 g/mol. The highest BCUT2D eigenvalue weighted by molar-refractivity contribution is 4.97. The minimum atomic E-state index is 0.371. The van der Waals surface area contributed by atoms with Crippen molar-refractivity contribution in [2.75, 3.05) is 6.54 Å². The molecular formula is C14H28N2. The van der Waals surface area contributed by atoms with Crippen molar-refractivity contribution in [3.05, 3.63) is 0 Å². The van der Waals surface area contributed by atoms with Crippen molar-refractivity contribution in [3.8, 4) is 0 Å². The van der Waals surface area contributed by atoms with Gasteiger partial charge >= 0.3 is 0 Å². The Morgan fingerprint density at radius 1 is 1.25 bits per heavy atom. The first-order valence-electron chi connectivity index (χ1n) is 6.89. The summed E-state index contributed by atoms with van der Waals surface area (Å²) < 4.78 is 0. The predicted octanol–water partition coefficient (Wildman–Crippen LogP) is 2.64. The average Bonchev–Trinajstić information content (AvgIpc) is 2.90. The Kier molecular flexibility index (Phi) is 3.33. The van der Waals surface area contributed by atoms with E-state index >= 15 is 0 Å². The molecule has 1 N–H and O–H groups in total. The molecule has 0 amide bonds. The van der Waals surface area contributed by atoms with Crippen LogP contribution in [-0.2, 0) is 0 Å². The van der Waals surface area contributed by atoms with Crippen LogP contribution in [0.15, 0.2) is 0 Å². The van der Waals surface area contributed by atoms with Gasteiger partial charge in [-0.1, -0.05) is 20.8 Å². The Labute approximate surface area is 101 Å². The summed E-state index contributed by atoms with van der Waals surface area (Å²) >= 11 is 0. The fraction of sp³-hybridized carbons (Fsp3) is 1.00. The van der Waals surface area contributed by atoms with E-state index in [9.17, 15) is 0 Å². The number of likely N-dealkylation sites (tertiary alicyclic amines) is 1. The van der Waals surface area contributed by atoms with Gasteiger partial charge in [0, 0.05) is 30.7 Å². The molecule has 0 aromatic rings. The van der Waals surface area contributed by atoms with E-state index in [1.165, 1.54) is 25.8 Å². The Bertz CT molecular complexity index is 240. The molecule has 0 aromatic carbocycles. The summed E-state index contributed by atoms with van der Waals surface area (Å²) in [5.41, 5.74) is 0.371. The third kappa shape index (κ3) is 2.78. The lowest BCUT2D eigenvalue weighted by Gasteiger charge is -2.31. The van der Waals surface area contributed by atoms with E-state index in [2.05, 4.69) is 44.8 Å². The summed E-state index contributed by atoms with van der Waals surface area (Å²) in [6, 6.07) is 3.03. The molecule has 0 aromatic heterocycles. The number of rotatable bonds is 3. The molecule has 3 unspecified atom stereocenters. The van der Waals surface area contributed by atoms with Crippen LogP contribution in [0.1, 0.15) is 53.9 Å². The molecule has 3 atom stereocenters. The smallest absolute Gasteiger partial charge is 0.0212 e. The molecule has 0 bridgehead atoms. The van der Waals surface area contributed by atoms with Crippen LogP contribution in [0.25, 0.3) is 0 Å². The van der Waals surface area contributed by atoms with E-state index in [0.29, 0.717) is 17.5 Å². The van der Waals surface area contributed by atoms with Gasteiger partial charge in [0.25, 0.3) is 0 Å². The van der Waals surface area contributed by atoms with Gasteiger partial charge in [-0.2, -0.15) is 0 Å². The Morgan fingerprint density at radius 2 is 1.88 bits per heavy atom. The standard InChI is InChI=1S/C14H28N2/c1-10-8-12(9-16(10)13-6-7-13)15-11(2)14(3,4)5/h10-13,15H,6-9H2,1-5H3. The quantitative estimate of drug-likeness (QED) is 0.793. The molecule has 1 aliphatic heterocycles. The fourth-order valence-electron chi connectivity index (χ4n) is 2.70. The van der Waals surface area contributed by atoms with Crippen LogP contribution in [0, 0.1) is 5.41 Å². The van der Waals surface area contributed by atoms with Crippen LogP contribution >= 0.6 is 0 Å². The second-order valence-electron chi connectivity index (χ2n) is 6.96. The first kappa shape index (κ1) is 12.4. The van der Waals surface area contributed by atoms with Crippen LogP contribution in [0.2, 0.25) is 0 Å². The van der Waals surface area contributed by atoms with Gasteiger partial charge in [0.2, 0.25) is 0 Å². The molecule has 1 heterocycles. The maximum Gasteiger partial charge on any atom is 0.0212 e. The topological polar surface area (TPSA) is 15.3 Å². The van der Waals surface area contributed by atoms with Crippen LogP contribution < -0.4 is 5.32 Å². The molecule has 1 aliphatic carbocycles. The summed E-state index contributed by atoms with van der Waals surface area (Å²) in [5.74, 6) is 0. The van der Waals surface area contributed by atoms with Gasteiger partial charge < -0.3 is 5.32 Å². The van der Waals surface area contributed by atoms with Crippen molar-refractivity contribution in [1.29, 1.82) is 0 Å². The van der Waals surface area contributed by atoms with E-state index in [1.807, 2.05) is 0 Å². The largest absolute Gasteiger partial charge is 0.310 e. The molecule has 2 fully saturated rings. The molecule has 1 saturated carbocycles. The molecule has 2 rings (SSSR count). The van der Waals surface area contributed by atoms with E-state index in [1.54, 1.807) is 0 Å². The highest BCUT2D eigenvalue weighted by atomic mass is 15.3. The van der Waals surface area contributed by atoms with Gasteiger partial charge in [-0.15, -0.1) is 0 Å². The second-order valence-corrected chi connectivity index (χ2v) is 6.96. The second kappa shape index (κ2) is 4.30. The summed E-state index contributed by atoms with van der Waals surface area (Å²) in [4.78, 5) is 2.72. The van der Waals surface area contributed by atoms with E-state index in [-0.39, 0.29) is 0 Å². The number of hydrogen-bond acceptors (Lipinski definition) is 2. The lowest BCUT2D eigenvalue weighted by atomic mass is 9.87. The van der Waals surface area contributed by atoms with Crippen molar-refractivity contribution >= 4 is 0 Å². The van der Waals surface area contributed by atoms with Crippen LogP contribution in [-0.4, -0.2) is 35.6 Å². The minimum Gasteiger partial charge on any atom is -0.310 e. The van der Waals surface area contributed by atoms with E-state index < -0.39 is 0 Å². The lowest BCUT2D eigenvalue weighted by molar-refractivity contribution is 0.240. The number of nitrogens with one attached hydrogen (secondary N) is 1. The molecule has 2 heteroatoms. The van der Waals surface area contributed by atoms with Gasteiger partial charge in [0.15, 0.2) is 0 Å². The highest BCUT2D eigenvalue weighted by Gasteiger charge is 2.39. The van der Waals surface area contributed by atoms with Crippen LogP contribution in [0.4, 0.5) is 0 Å². The molecule has 0 radical (unpaired) electrons. The highest BCUT2D eigenvalue weighted by Crippen LogP contribution is 2.33. The molecule has 2 aliphatic rings. The molecular weight excluding hydrogens is 196 g/mol. The van der Waals surface area contributed by atoms with Gasteiger partial charge in [0.1, 0.15) is 0 Å². The Hall–Kier alpha value is -0.0800. The van der Waals surface area contributed by atoms with Crippen molar-refractivity contribution in [3.63, 3.8) is 0 Å². The van der Waals surface area contributed by atoms with Crippen molar-refractivity contribution in [1.82, 2.24) is 10.2 Å². The van der Waals surface area contributed by atoms with Gasteiger partial charge in [-0.05, 0) is 38.5 Å². The minimum absolute atomic E-state index is 0.371. The van der Waals surface area contributed by atoms with Crippen molar-refractivity contribution in [2.45, 2.75) is 78.0 Å². The molecule has 16 heavy (non-hydrogen) atoms. The number of hydrogen-bond donors (Lipinski definition) is 1. The Balaban J connectivity index is 1.83. The molecule has 2 nitrogen and oxygen atoms in total. The SMILES string of the molecule is CC1CC(NC(C)C(C)(C)C)CN1C1CC1.